The van der Waals surface area contributed by atoms with Gasteiger partial charge in [0.25, 0.3) is 0 Å². The number of rotatable bonds is 8. The fraction of sp³-hybridized carbons (Fsp3) is 0.923. The smallest absolute Gasteiger partial charge is 0.306 e. The van der Waals surface area contributed by atoms with Gasteiger partial charge >= 0.3 is 5.97 Å². The van der Waals surface area contributed by atoms with Crippen molar-refractivity contribution in [2.45, 2.75) is 57.5 Å². The topological polar surface area (TPSA) is 66.8 Å². The average Bonchev–Trinajstić information content (AvgIpc) is 2.34. The summed E-state index contributed by atoms with van der Waals surface area (Å²) >= 11 is 0. The Kier molecular flexibility index (Phi) is 7.21. The van der Waals surface area contributed by atoms with Gasteiger partial charge in [0.2, 0.25) is 0 Å². The molecule has 100 valence electrons. The normalized spacial score (nSPS) is 24.8. The third-order valence-electron chi connectivity index (χ3n) is 3.43. The molecule has 1 rings (SSSR count). The molecule has 1 saturated carbocycles. The van der Waals surface area contributed by atoms with Crippen LogP contribution in [0.4, 0.5) is 0 Å². The molecular weight excluding hydrogens is 220 g/mol. The van der Waals surface area contributed by atoms with Gasteiger partial charge in [-0.15, -0.1) is 0 Å². The van der Waals surface area contributed by atoms with Crippen molar-refractivity contribution >= 4 is 5.97 Å². The molecule has 17 heavy (non-hydrogen) atoms. The lowest BCUT2D eigenvalue weighted by molar-refractivity contribution is -0.143. The summed E-state index contributed by atoms with van der Waals surface area (Å²) in [5.74, 6) is -0.813. The van der Waals surface area contributed by atoms with E-state index < -0.39 is 5.97 Å². The summed E-state index contributed by atoms with van der Waals surface area (Å²) in [5, 5.41) is 17.5. The van der Waals surface area contributed by atoms with E-state index in [-0.39, 0.29) is 18.6 Å². The highest BCUT2D eigenvalue weighted by molar-refractivity contribution is 5.69. The molecule has 1 aliphatic carbocycles. The van der Waals surface area contributed by atoms with Crippen molar-refractivity contribution in [3.8, 4) is 0 Å². The molecule has 0 radical (unpaired) electrons. The highest BCUT2D eigenvalue weighted by atomic mass is 16.5. The Morgan fingerprint density at radius 3 is 2.29 bits per heavy atom. The maximum atomic E-state index is 10.8. The average molecular weight is 244 g/mol. The van der Waals surface area contributed by atoms with E-state index in [1.165, 1.54) is 0 Å². The number of carboxylic acid groups (broad SMARTS) is 1. The van der Waals surface area contributed by atoms with E-state index in [9.17, 15) is 4.79 Å². The van der Waals surface area contributed by atoms with E-state index in [0.29, 0.717) is 0 Å². The standard InChI is InChI=1S/C13H24O4/c14-9-3-1-2-4-10-17-12-7-5-11(6-8-12)13(15)16/h11-12,14H,1-10H2,(H,15,16)/t11-,12-. The first-order valence-electron chi connectivity index (χ1n) is 6.69. The first kappa shape index (κ1) is 14.5. The van der Waals surface area contributed by atoms with Gasteiger partial charge in [0.15, 0.2) is 0 Å². The number of aliphatic carboxylic acids is 1. The molecule has 0 aromatic carbocycles. The number of unbranched alkanes of at least 4 members (excludes halogenated alkanes) is 3. The third kappa shape index (κ3) is 6.03. The van der Waals surface area contributed by atoms with Gasteiger partial charge in [-0.25, -0.2) is 0 Å². The van der Waals surface area contributed by atoms with Crippen molar-refractivity contribution in [1.29, 1.82) is 0 Å². The Morgan fingerprint density at radius 2 is 1.71 bits per heavy atom. The molecule has 4 nitrogen and oxygen atoms in total. The quantitative estimate of drug-likeness (QED) is 0.642. The van der Waals surface area contributed by atoms with Crippen LogP contribution in [0.25, 0.3) is 0 Å². The number of ether oxygens (including phenoxy) is 1. The molecule has 2 N–H and O–H groups in total. The van der Waals surface area contributed by atoms with E-state index >= 15 is 0 Å². The minimum absolute atomic E-state index is 0.153. The fourth-order valence-corrected chi connectivity index (χ4v) is 2.29. The first-order chi connectivity index (χ1) is 8.24. The second kappa shape index (κ2) is 8.48. The van der Waals surface area contributed by atoms with E-state index in [0.717, 1.165) is 58.0 Å². The molecule has 0 unspecified atom stereocenters. The number of aliphatic hydroxyl groups is 1. The molecule has 4 heteroatoms. The number of carboxylic acids is 1. The van der Waals surface area contributed by atoms with Crippen molar-refractivity contribution in [2.24, 2.45) is 5.92 Å². The summed E-state index contributed by atoms with van der Waals surface area (Å²) < 4.78 is 5.74. The maximum Gasteiger partial charge on any atom is 0.306 e. The Morgan fingerprint density at radius 1 is 1.06 bits per heavy atom. The number of hydrogen-bond donors (Lipinski definition) is 2. The van der Waals surface area contributed by atoms with E-state index in [1.54, 1.807) is 0 Å². The van der Waals surface area contributed by atoms with Gasteiger partial charge in [-0.2, -0.15) is 0 Å². The summed E-state index contributed by atoms with van der Waals surface area (Å²) in [5.41, 5.74) is 0. The Balaban J connectivity index is 1.97. The summed E-state index contributed by atoms with van der Waals surface area (Å²) in [6, 6.07) is 0. The minimum Gasteiger partial charge on any atom is -0.481 e. The molecule has 0 aromatic heterocycles. The van der Waals surface area contributed by atoms with Crippen LogP contribution in [-0.4, -0.2) is 35.5 Å². The lowest BCUT2D eigenvalue weighted by atomic mass is 9.87. The van der Waals surface area contributed by atoms with Crippen LogP contribution < -0.4 is 0 Å². The maximum absolute atomic E-state index is 10.8. The molecule has 0 heterocycles. The van der Waals surface area contributed by atoms with Crippen molar-refractivity contribution in [2.75, 3.05) is 13.2 Å². The minimum atomic E-state index is -0.660. The second-order valence-electron chi connectivity index (χ2n) is 4.82. The molecule has 0 aromatic rings. The summed E-state index contributed by atoms with van der Waals surface area (Å²) in [6.07, 6.45) is 7.62. The van der Waals surface area contributed by atoms with Crippen LogP contribution in [-0.2, 0) is 9.53 Å². The Hall–Kier alpha value is -0.610. The zero-order valence-electron chi connectivity index (χ0n) is 10.4. The predicted octanol–water partition coefficient (Wildman–Crippen LogP) is 2.20. The molecule has 0 atom stereocenters. The second-order valence-corrected chi connectivity index (χ2v) is 4.82. The largest absolute Gasteiger partial charge is 0.481 e. The van der Waals surface area contributed by atoms with Crippen LogP contribution in [0.15, 0.2) is 0 Å². The fourth-order valence-electron chi connectivity index (χ4n) is 2.29. The van der Waals surface area contributed by atoms with Crippen molar-refractivity contribution < 1.29 is 19.7 Å². The molecule has 0 bridgehead atoms. The number of carbonyl (C=O) groups is 1. The Bertz CT molecular complexity index is 209. The van der Waals surface area contributed by atoms with Crippen LogP contribution in [0.1, 0.15) is 51.4 Å². The summed E-state index contributed by atoms with van der Waals surface area (Å²) in [7, 11) is 0. The van der Waals surface area contributed by atoms with Crippen molar-refractivity contribution in [1.82, 2.24) is 0 Å². The van der Waals surface area contributed by atoms with Crippen LogP contribution >= 0.6 is 0 Å². The number of hydrogen-bond acceptors (Lipinski definition) is 3. The van der Waals surface area contributed by atoms with Crippen molar-refractivity contribution in [3.63, 3.8) is 0 Å². The molecule has 0 aliphatic heterocycles. The van der Waals surface area contributed by atoms with Crippen LogP contribution in [0.5, 0.6) is 0 Å². The van der Waals surface area contributed by atoms with E-state index in [1.807, 2.05) is 0 Å². The monoisotopic (exact) mass is 244 g/mol. The highest BCUT2D eigenvalue weighted by Crippen LogP contribution is 2.26. The van der Waals surface area contributed by atoms with E-state index in [2.05, 4.69) is 0 Å². The molecule has 1 fully saturated rings. The van der Waals surface area contributed by atoms with Gasteiger partial charge in [-0.05, 0) is 38.5 Å². The van der Waals surface area contributed by atoms with Crippen LogP contribution in [0.3, 0.4) is 0 Å². The summed E-state index contributed by atoms with van der Waals surface area (Å²) in [4.78, 5) is 10.8. The van der Waals surface area contributed by atoms with Gasteiger partial charge < -0.3 is 14.9 Å². The van der Waals surface area contributed by atoms with Gasteiger partial charge in [0.05, 0.1) is 12.0 Å². The van der Waals surface area contributed by atoms with Crippen LogP contribution in [0, 0.1) is 5.92 Å². The lowest BCUT2D eigenvalue weighted by Gasteiger charge is -2.26. The molecule has 0 amide bonds. The van der Waals surface area contributed by atoms with Gasteiger partial charge in [0.1, 0.15) is 0 Å². The van der Waals surface area contributed by atoms with Gasteiger partial charge in [-0.1, -0.05) is 12.8 Å². The predicted molar refractivity (Wildman–Crippen MR) is 64.9 cm³/mol. The van der Waals surface area contributed by atoms with Gasteiger partial charge in [0, 0.05) is 13.2 Å². The highest BCUT2D eigenvalue weighted by Gasteiger charge is 2.25. The first-order valence-corrected chi connectivity index (χ1v) is 6.69. The zero-order chi connectivity index (χ0) is 12.5. The number of aliphatic hydroxyl groups excluding tert-OH is 1. The third-order valence-corrected chi connectivity index (χ3v) is 3.43. The summed E-state index contributed by atoms with van der Waals surface area (Å²) in [6.45, 7) is 1.05. The zero-order valence-corrected chi connectivity index (χ0v) is 10.4. The molecule has 0 saturated heterocycles. The molecule has 0 spiro atoms. The molecular formula is C13H24O4. The van der Waals surface area contributed by atoms with Crippen LogP contribution in [0.2, 0.25) is 0 Å². The molecule has 1 aliphatic rings. The SMILES string of the molecule is O=C(O)[C@H]1CC[C@H](OCCCCCCO)CC1. The van der Waals surface area contributed by atoms with E-state index in [4.69, 9.17) is 14.9 Å². The Labute approximate surface area is 103 Å². The lowest BCUT2D eigenvalue weighted by Crippen LogP contribution is -2.26. The van der Waals surface area contributed by atoms with Gasteiger partial charge in [-0.3, -0.25) is 4.79 Å². The van der Waals surface area contributed by atoms with Crippen molar-refractivity contribution in [3.05, 3.63) is 0 Å².